The number of nitrogens with one attached hydrogen (secondary N) is 1. The molecule has 0 aliphatic heterocycles. The van der Waals surface area contributed by atoms with Gasteiger partial charge in [0.05, 0.1) is 4.90 Å². The lowest BCUT2D eigenvalue weighted by Gasteiger charge is -2.30. The first-order chi connectivity index (χ1) is 10.9. The Labute approximate surface area is 142 Å². The predicted octanol–water partition coefficient (Wildman–Crippen LogP) is 4.17. The summed E-state index contributed by atoms with van der Waals surface area (Å²) in [6.45, 7) is 1.93. The highest BCUT2D eigenvalue weighted by Crippen LogP contribution is 2.30. The van der Waals surface area contributed by atoms with Crippen molar-refractivity contribution >= 4 is 27.7 Å². The van der Waals surface area contributed by atoms with E-state index >= 15 is 0 Å². The minimum atomic E-state index is -3.48. The SMILES string of the molecule is Cc1ccc(S(=O)(=O)NC2CC/C2=C\c2ccc(Cl)cc2)cc1. The largest absolute Gasteiger partial charge is 0.241 e. The summed E-state index contributed by atoms with van der Waals surface area (Å²) in [5, 5.41) is 0.692. The molecule has 0 amide bonds. The van der Waals surface area contributed by atoms with Gasteiger partial charge in [0, 0.05) is 11.1 Å². The Morgan fingerprint density at radius 3 is 2.30 bits per heavy atom. The van der Waals surface area contributed by atoms with E-state index in [-0.39, 0.29) is 6.04 Å². The van der Waals surface area contributed by atoms with Gasteiger partial charge < -0.3 is 0 Å². The second-order valence-corrected chi connectivity index (χ2v) is 7.95. The fourth-order valence-corrected chi connectivity index (χ4v) is 3.91. The third-order valence-electron chi connectivity index (χ3n) is 4.02. The van der Waals surface area contributed by atoms with Crippen LogP contribution in [0.3, 0.4) is 0 Å². The van der Waals surface area contributed by atoms with E-state index in [4.69, 9.17) is 11.6 Å². The smallest absolute Gasteiger partial charge is 0.207 e. The molecule has 23 heavy (non-hydrogen) atoms. The summed E-state index contributed by atoms with van der Waals surface area (Å²) in [7, 11) is -3.48. The van der Waals surface area contributed by atoms with Crippen LogP contribution in [0.5, 0.6) is 0 Å². The molecule has 2 aromatic rings. The molecule has 3 nitrogen and oxygen atoms in total. The zero-order valence-electron chi connectivity index (χ0n) is 12.8. The molecule has 0 heterocycles. The van der Waals surface area contributed by atoms with Gasteiger partial charge in [-0.1, -0.05) is 53.1 Å². The average Bonchev–Trinajstić information content (AvgIpc) is 2.51. The van der Waals surface area contributed by atoms with Crippen LogP contribution in [0.15, 0.2) is 59.0 Å². The number of hydrogen-bond acceptors (Lipinski definition) is 2. The normalized spacial score (nSPS) is 19.6. The molecule has 5 heteroatoms. The van der Waals surface area contributed by atoms with Gasteiger partial charge in [-0.15, -0.1) is 0 Å². The summed E-state index contributed by atoms with van der Waals surface area (Å²) < 4.78 is 27.7. The van der Waals surface area contributed by atoms with Crippen LogP contribution in [0.2, 0.25) is 5.02 Å². The predicted molar refractivity (Wildman–Crippen MR) is 94.0 cm³/mol. The van der Waals surface area contributed by atoms with Crippen molar-refractivity contribution in [3.63, 3.8) is 0 Å². The fourth-order valence-electron chi connectivity index (χ4n) is 2.51. The molecule has 0 aromatic heterocycles. The number of rotatable bonds is 4. The second kappa shape index (κ2) is 6.48. The molecule has 0 spiro atoms. The van der Waals surface area contributed by atoms with Gasteiger partial charge in [0.15, 0.2) is 0 Å². The molecular weight excluding hydrogens is 330 g/mol. The van der Waals surface area contributed by atoms with Crippen molar-refractivity contribution in [3.05, 3.63) is 70.3 Å². The van der Waals surface area contributed by atoms with Crippen LogP contribution in [0, 0.1) is 6.92 Å². The second-order valence-electron chi connectivity index (χ2n) is 5.80. The fraction of sp³-hybridized carbons (Fsp3) is 0.222. The van der Waals surface area contributed by atoms with Crippen LogP contribution in [-0.4, -0.2) is 14.5 Å². The van der Waals surface area contributed by atoms with Crippen LogP contribution in [0.25, 0.3) is 6.08 Å². The third kappa shape index (κ3) is 3.83. The molecule has 1 aliphatic carbocycles. The molecule has 1 atom stereocenters. The Morgan fingerprint density at radius 2 is 1.74 bits per heavy atom. The molecule has 120 valence electrons. The summed E-state index contributed by atoms with van der Waals surface area (Å²) in [5.41, 5.74) is 3.17. The molecule has 3 rings (SSSR count). The first kappa shape index (κ1) is 16.2. The minimum Gasteiger partial charge on any atom is -0.207 e. The lowest BCUT2D eigenvalue weighted by atomic mass is 9.85. The van der Waals surface area contributed by atoms with E-state index in [0.29, 0.717) is 9.92 Å². The Morgan fingerprint density at radius 1 is 1.09 bits per heavy atom. The van der Waals surface area contributed by atoms with E-state index in [1.807, 2.05) is 37.3 Å². The average molecular weight is 348 g/mol. The zero-order valence-corrected chi connectivity index (χ0v) is 14.4. The van der Waals surface area contributed by atoms with Crippen LogP contribution >= 0.6 is 11.6 Å². The van der Waals surface area contributed by atoms with Gasteiger partial charge in [-0.2, -0.15) is 0 Å². The lowest BCUT2D eigenvalue weighted by Crippen LogP contribution is -2.41. The Kier molecular flexibility index (Phi) is 4.57. The minimum absolute atomic E-state index is 0.128. The molecule has 0 radical (unpaired) electrons. The topological polar surface area (TPSA) is 46.2 Å². The van der Waals surface area contributed by atoms with Crippen LogP contribution in [-0.2, 0) is 10.0 Å². The van der Waals surface area contributed by atoms with E-state index in [1.54, 1.807) is 24.3 Å². The van der Waals surface area contributed by atoms with E-state index in [0.717, 1.165) is 29.5 Å². The van der Waals surface area contributed by atoms with Crippen LogP contribution in [0.4, 0.5) is 0 Å². The Hall–Kier alpha value is -1.62. The number of halogens is 1. The summed E-state index contributed by atoms with van der Waals surface area (Å²) in [6, 6.07) is 14.3. The van der Waals surface area contributed by atoms with Gasteiger partial charge in [-0.25, -0.2) is 13.1 Å². The third-order valence-corrected chi connectivity index (χ3v) is 5.76. The Balaban J connectivity index is 1.75. The van der Waals surface area contributed by atoms with Crippen molar-refractivity contribution in [1.82, 2.24) is 4.72 Å². The molecule has 1 N–H and O–H groups in total. The molecule has 1 fully saturated rings. The van der Waals surface area contributed by atoms with Crippen molar-refractivity contribution in [2.24, 2.45) is 0 Å². The van der Waals surface area contributed by atoms with E-state index in [9.17, 15) is 8.42 Å². The molecule has 2 aromatic carbocycles. The summed E-state index contributed by atoms with van der Waals surface area (Å²) in [6.07, 6.45) is 3.76. The van der Waals surface area contributed by atoms with Crippen LogP contribution < -0.4 is 4.72 Å². The molecule has 0 bridgehead atoms. The molecule has 0 saturated heterocycles. The van der Waals surface area contributed by atoms with Crippen molar-refractivity contribution in [1.29, 1.82) is 0 Å². The Bertz CT molecular complexity index is 824. The monoisotopic (exact) mass is 347 g/mol. The first-order valence-electron chi connectivity index (χ1n) is 7.49. The molecule has 1 saturated carbocycles. The zero-order chi connectivity index (χ0) is 16.4. The van der Waals surface area contributed by atoms with Crippen molar-refractivity contribution in [3.8, 4) is 0 Å². The first-order valence-corrected chi connectivity index (χ1v) is 9.35. The summed E-state index contributed by atoms with van der Waals surface area (Å²) >= 11 is 5.88. The summed E-state index contributed by atoms with van der Waals surface area (Å²) in [4.78, 5) is 0.306. The number of benzene rings is 2. The highest BCUT2D eigenvalue weighted by molar-refractivity contribution is 7.89. The van der Waals surface area contributed by atoms with E-state index in [1.165, 1.54) is 0 Å². The summed E-state index contributed by atoms with van der Waals surface area (Å²) in [5.74, 6) is 0. The van der Waals surface area contributed by atoms with Gasteiger partial charge in [0.25, 0.3) is 0 Å². The van der Waals surface area contributed by atoms with Crippen molar-refractivity contribution < 1.29 is 8.42 Å². The maximum Gasteiger partial charge on any atom is 0.241 e. The highest BCUT2D eigenvalue weighted by Gasteiger charge is 2.29. The van der Waals surface area contributed by atoms with Gasteiger partial charge in [-0.05, 0) is 49.6 Å². The lowest BCUT2D eigenvalue weighted by molar-refractivity contribution is 0.499. The number of aryl methyl sites for hydroxylation is 1. The van der Waals surface area contributed by atoms with E-state index < -0.39 is 10.0 Å². The maximum atomic E-state index is 12.4. The molecule has 1 aliphatic rings. The van der Waals surface area contributed by atoms with Gasteiger partial charge in [0.2, 0.25) is 10.0 Å². The molecular formula is C18H18ClNO2S. The quantitative estimate of drug-likeness (QED) is 0.902. The number of hydrogen-bond donors (Lipinski definition) is 1. The van der Waals surface area contributed by atoms with Gasteiger partial charge >= 0.3 is 0 Å². The standard InChI is InChI=1S/C18H18ClNO2S/c1-13-2-9-17(10-3-13)23(21,22)20-18-11-6-15(18)12-14-4-7-16(19)8-5-14/h2-5,7-10,12,18,20H,6,11H2,1H3/b15-12+. The molecule has 1 unspecified atom stereocenters. The van der Waals surface area contributed by atoms with Gasteiger partial charge in [-0.3, -0.25) is 0 Å². The highest BCUT2D eigenvalue weighted by atomic mass is 35.5. The van der Waals surface area contributed by atoms with Gasteiger partial charge in [0.1, 0.15) is 0 Å². The van der Waals surface area contributed by atoms with Crippen molar-refractivity contribution in [2.45, 2.75) is 30.7 Å². The van der Waals surface area contributed by atoms with Crippen LogP contribution in [0.1, 0.15) is 24.0 Å². The number of sulfonamides is 1. The van der Waals surface area contributed by atoms with Crippen molar-refractivity contribution in [2.75, 3.05) is 0 Å². The maximum absolute atomic E-state index is 12.4. The van der Waals surface area contributed by atoms with E-state index in [2.05, 4.69) is 4.72 Å².